The van der Waals surface area contributed by atoms with Crippen molar-refractivity contribution in [3.05, 3.63) is 0 Å². The molecule has 0 spiro atoms. The van der Waals surface area contributed by atoms with Crippen molar-refractivity contribution < 1.29 is 59.1 Å². The van der Waals surface area contributed by atoms with Crippen molar-refractivity contribution in [2.45, 2.75) is 19.7 Å². The number of hydrogen-bond acceptors (Lipinski definition) is 0. The van der Waals surface area contributed by atoms with E-state index in [0.717, 1.165) is 0 Å². The highest BCUT2D eigenvalue weighted by Gasteiger charge is 2.79. The average molecular weight is 581 g/mol. The van der Waals surface area contributed by atoms with Gasteiger partial charge in [-0.2, -0.15) is 35.1 Å². The minimum Gasteiger partial charge on any atom is -1.00 e. The van der Waals surface area contributed by atoms with E-state index in [0.29, 0.717) is 0 Å². The van der Waals surface area contributed by atoms with Crippen LogP contribution in [0.5, 0.6) is 0 Å². The third kappa shape index (κ3) is 3.54. The number of alkyl halides is 10. The average Bonchev–Trinajstić information content (AvgIpc) is 1.81. The summed E-state index contributed by atoms with van der Waals surface area (Å²) in [5.41, 5.74) is 0. The third-order valence-electron chi connectivity index (χ3n) is 1.11. The molecule has 0 aromatic carbocycles. The maximum Gasteiger partial charge on any atom is 0.388 e. The first kappa shape index (κ1) is 19.0. The second kappa shape index (κ2) is 5.09. The molecule has 11 heteroatoms. The van der Waals surface area contributed by atoms with E-state index in [1.807, 2.05) is 0 Å². The highest BCUT2D eigenvalue weighted by molar-refractivity contribution is 14.1. The molecule has 0 aromatic heterocycles. The monoisotopic (exact) mass is 581 g/mol. The standard InChI is InChI=1S/C4F8I2.HI/c5-1(6,3(9,10)13)2(7,8)4(11,12)14;/h;1H/p-1. The lowest BCUT2D eigenvalue weighted by molar-refractivity contribution is -0.312. The fourth-order valence-corrected chi connectivity index (χ4v) is 1.03. The van der Waals surface area contributed by atoms with E-state index in [9.17, 15) is 35.1 Å². The molecule has 0 atom stereocenters. The van der Waals surface area contributed by atoms with Crippen LogP contribution in [0.15, 0.2) is 0 Å². The largest absolute Gasteiger partial charge is 1.00 e. The zero-order chi connectivity index (χ0) is 12.0. The molecule has 94 valence electrons. The predicted molar refractivity (Wildman–Crippen MR) is 47.8 cm³/mol. The molecule has 0 heterocycles. The van der Waals surface area contributed by atoms with Crippen molar-refractivity contribution in [2.75, 3.05) is 0 Å². The molecule has 0 amide bonds. The van der Waals surface area contributed by atoms with Gasteiger partial charge in [-0.15, -0.1) is 0 Å². The lowest BCUT2D eigenvalue weighted by atomic mass is 10.2. The Morgan fingerprint density at radius 3 is 0.733 bits per heavy atom. The summed E-state index contributed by atoms with van der Waals surface area (Å²) in [5.74, 6) is -12.2. The quantitative estimate of drug-likeness (QED) is 0.269. The van der Waals surface area contributed by atoms with Gasteiger partial charge in [0.05, 0.1) is 0 Å². The summed E-state index contributed by atoms with van der Waals surface area (Å²) in [5, 5.41) is 0. The van der Waals surface area contributed by atoms with Gasteiger partial charge in [0.2, 0.25) is 0 Å². The number of rotatable bonds is 3. The maximum absolute atomic E-state index is 12.2. The molecule has 0 unspecified atom stereocenters. The van der Waals surface area contributed by atoms with Crippen LogP contribution in [0.2, 0.25) is 0 Å². The van der Waals surface area contributed by atoms with E-state index in [2.05, 4.69) is 0 Å². The molecule has 0 aliphatic rings. The van der Waals surface area contributed by atoms with Crippen LogP contribution in [-0.4, -0.2) is 19.7 Å². The minimum absolute atomic E-state index is 0. The first-order valence-corrected chi connectivity index (χ1v) is 4.80. The van der Waals surface area contributed by atoms with Gasteiger partial charge < -0.3 is 24.0 Å². The SMILES string of the molecule is FC(F)(I)C(F)(F)C(F)(F)C(F)(F)I.[I-]. The number of halogens is 11. The second-order valence-electron chi connectivity index (χ2n) is 2.14. The molecule has 0 aromatic rings. The van der Waals surface area contributed by atoms with Crippen LogP contribution in [0.25, 0.3) is 0 Å². The van der Waals surface area contributed by atoms with E-state index in [-0.39, 0.29) is 69.2 Å². The van der Waals surface area contributed by atoms with Crippen LogP contribution in [0.4, 0.5) is 35.1 Å². The smallest absolute Gasteiger partial charge is 0.388 e. The third-order valence-corrected chi connectivity index (χ3v) is 2.46. The fourth-order valence-electron chi connectivity index (χ4n) is 0.356. The molecule has 0 nitrogen and oxygen atoms in total. The first-order chi connectivity index (χ1) is 5.75. The van der Waals surface area contributed by atoms with Crippen molar-refractivity contribution in [1.29, 1.82) is 0 Å². The molecule has 0 rings (SSSR count). The molecular weight excluding hydrogens is 581 g/mol. The highest BCUT2D eigenvalue weighted by Crippen LogP contribution is 2.56. The first-order valence-electron chi connectivity index (χ1n) is 2.64. The predicted octanol–water partition coefficient (Wildman–Crippen LogP) is 1.32. The molecule has 0 saturated carbocycles. The summed E-state index contributed by atoms with van der Waals surface area (Å²) in [7, 11) is 0. The molecule has 15 heavy (non-hydrogen) atoms. The van der Waals surface area contributed by atoms with Gasteiger partial charge in [-0.05, 0) is 0 Å². The Morgan fingerprint density at radius 2 is 0.667 bits per heavy atom. The van der Waals surface area contributed by atoms with Crippen LogP contribution in [0.3, 0.4) is 0 Å². The molecule has 0 radical (unpaired) electrons. The summed E-state index contributed by atoms with van der Waals surface area (Å²) < 4.78 is 86.1. The van der Waals surface area contributed by atoms with Crippen molar-refractivity contribution in [3.63, 3.8) is 0 Å². The Bertz CT molecular complexity index is 191. The lowest BCUT2D eigenvalue weighted by Crippen LogP contribution is -3.00. The van der Waals surface area contributed by atoms with Crippen LogP contribution in [-0.2, 0) is 0 Å². The lowest BCUT2D eigenvalue weighted by Gasteiger charge is -2.31. The van der Waals surface area contributed by atoms with Gasteiger partial charge in [0.15, 0.2) is 0 Å². The highest BCUT2D eigenvalue weighted by atomic mass is 127. The van der Waals surface area contributed by atoms with Crippen molar-refractivity contribution in [1.82, 2.24) is 0 Å². The van der Waals surface area contributed by atoms with Gasteiger partial charge in [0.25, 0.3) is 0 Å². The van der Waals surface area contributed by atoms with E-state index in [4.69, 9.17) is 0 Å². The normalized spacial score (nSPS) is 14.8. The van der Waals surface area contributed by atoms with Gasteiger partial charge >= 0.3 is 19.7 Å². The van der Waals surface area contributed by atoms with E-state index in [1.165, 1.54) is 0 Å². The molecule has 0 fully saturated rings. The Hall–Kier alpha value is 1.63. The fraction of sp³-hybridized carbons (Fsp3) is 1.00. The molecular formula is C4F8I3-. The molecule has 0 saturated heterocycles. The zero-order valence-electron chi connectivity index (χ0n) is 6.16. The number of hydrogen-bond donors (Lipinski definition) is 0. The summed E-state index contributed by atoms with van der Waals surface area (Å²) in [6.45, 7) is 0. The topological polar surface area (TPSA) is 0 Å². The summed E-state index contributed by atoms with van der Waals surface area (Å²) in [4.78, 5) is 0. The van der Waals surface area contributed by atoms with E-state index in [1.54, 1.807) is 0 Å². The Balaban J connectivity index is 0. The minimum atomic E-state index is -6.12. The molecule has 0 N–H and O–H groups in total. The van der Waals surface area contributed by atoms with Crippen LogP contribution >= 0.6 is 45.2 Å². The van der Waals surface area contributed by atoms with Gasteiger partial charge in [-0.25, -0.2) is 0 Å². The van der Waals surface area contributed by atoms with Crippen LogP contribution in [0, 0.1) is 0 Å². The maximum atomic E-state index is 12.2. The van der Waals surface area contributed by atoms with Gasteiger partial charge in [-0.3, -0.25) is 0 Å². The van der Waals surface area contributed by atoms with Crippen molar-refractivity contribution in [2.24, 2.45) is 0 Å². The summed E-state index contributed by atoms with van der Waals surface area (Å²) >= 11 is -0.631. The summed E-state index contributed by atoms with van der Waals surface area (Å²) in [6.07, 6.45) is 0. The molecule has 0 bridgehead atoms. The Kier molecular flexibility index (Phi) is 6.44. The van der Waals surface area contributed by atoms with Crippen molar-refractivity contribution >= 4 is 45.2 Å². The zero-order valence-corrected chi connectivity index (χ0v) is 12.6. The van der Waals surface area contributed by atoms with Crippen molar-refractivity contribution in [3.8, 4) is 0 Å². The molecule has 0 aliphatic carbocycles. The Morgan fingerprint density at radius 1 is 0.533 bits per heavy atom. The van der Waals surface area contributed by atoms with Gasteiger partial charge in [0.1, 0.15) is 0 Å². The van der Waals surface area contributed by atoms with E-state index < -0.39 is 19.7 Å². The van der Waals surface area contributed by atoms with Crippen LogP contribution < -0.4 is 24.0 Å². The summed E-state index contributed by atoms with van der Waals surface area (Å²) in [6, 6.07) is 0. The van der Waals surface area contributed by atoms with Crippen LogP contribution in [0.1, 0.15) is 0 Å². The Labute approximate surface area is 123 Å². The van der Waals surface area contributed by atoms with Gasteiger partial charge in [0, 0.05) is 45.2 Å². The van der Waals surface area contributed by atoms with Gasteiger partial charge in [-0.1, -0.05) is 0 Å². The molecule has 0 aliphatic heterocycles. The second-order valence-corrected chi connectivity index (χ2v) is 4.85. The van der Waals surface area contributed by atoms with E-state index >= 15 is 0 Å².